The van der Waals surface area contributed by atoms with Gasteiger partial charge >= 0.3 is 0 Å². The van der Waals surface area contributed by atoms with E-state index in [1.165, 1.54) is 24.4 Å². The molecule has 1 amide bonds. The molecular formula is C16H15FN2O2. The Bertz CT molecular complexity index is 684. The molecule has 0 atom stereocenters. The van der Waals surface area contributed by atoms with Crippen molar-refractivity contribution in [1.29, 1.82) is 0 Å². The molecule has 0 unspecified atom stereocenters. The van der Waals surface area contributed by atoms with Crippen molar-refractivity contribution in [2.45, 2.75) is 6.92 Å². The summed E-state index contributed by atoms with van der Waals surface area (Å²) in [5.74, 6) is -0.135. The molecule has 0 aliphatic rings. The van der Waals surface area contributed by atoms with E-state index >= 15 is 0 Å². The number of hydrazone groups is 1. The largest absolute Gasteiger partial charge is 0.496 e. The molecule has 0 heterocycles. The molecule has 0 bridgehead atoms. The van der Waals surface area contributed by atoms with Crippen LogP contribution in [0.15, 0.2) is 47.6 Å². The number of hydrogen-bond donors (Lipinski definition) is 1. The van der Waals surface area contributed by atoms with Gasteiger partial charge in [-0.3, -0.25) is 4.79 Å². The zero-order valence-electron chi connectivity index (χ0n) is 11.8. The minimum atomic E-state index is -0.462. The van der Waals surface area contributed by atoms with E-state index in [9.17, 15) is 9.18 Å². The number of carbonyl (C=O) groups is 1. The van der Waals surface area contributed by atoms with Crippen LogP contribution >= 0.6 is 0 Å². The molecule has 2 aromatic carbocycles. The number of benzene rings is 2. The molecule has 21 heavy (non-hydrogen) atoms. The quantitative estimate of drug-likeness (QED) is 0.694. The fourth-order valence-corrected chi connectivity index (χ4v) is 1.84. The van der Waals surface area contributed by atoms with Crippen molar-refractivity contribution in [2.75, 3.05) is 7.11 Å². The van der Waals surface area contributed by atoms with Gasteiger partial charge < -0.3 is 4.74 Å². The second-order valence-corrected chi connectivity index (χ2v) is 4.44. The summed E-state index contributed by atoms with van der Waals surface area (Å²) < 4.78 is 18.2. The molecule has 0 aliphatic carbocycles. The Hall–Kier alpha value is -2.69. The van der Waals surface area contributed by atoms with Crippen LogP contribution in [0.3, 0.4) is 0 Å². The predicted octanol–water partition coefficient (Wildman–Crippen LogP) is 2.91. The SMILES string of the molecule is COc1ccc(/C=N/NC(=O)c2cccc(F)c2)cc1C. The number of rotatable bonds is 4. The van der Waals surface area contributed by atoms with Crippen molar-refractivity contribution < 1.29 is 13.9 Å². The topological polar surface area (TPSA) is 50.7 Å². The first-order valence-electron chi connectivity index (χ1n) is 6.34. The molecule has 0 aromatic heterocycles. The third-order valence-corrected chi connectivity index (χ3v) is 2.89. The highest BCUT2D eigenvalue weighted by Crippen LogP contribution is 2.17. The summed E-state index contributed by atoms with van der Waals surface area (Å²) in [6, 6.07) is 11.0. The number of methoxy groups -OCH3 is 1. The first-order chi connectivity index (χ1) is 10.1. The number of hydrogen-bond acceptors (Lipinski definition) is 3. The second-order valence-electron chi connectivity index (χ2n) is 4.44. The second kappa shape index (κ2) is 6.65. The van der Waals surface area contributed by atoms with E-state index in [0.29, 0.717) is 0 Å². The highest BCUT2D eigenvalue weighted by Gasteiger charge is 2.04. The van der Waals surface area contributed by atoms with Crippen LogP contribution in [-0.2, 0) is 0 Å². The Morgan fingerprint density at radius 2 is 2.10 bits per heavy atom. The van der Waals surface area contributed by atoms with Crippen molar-refractivity contribution >= 4 is 12.1 Å². The van der Waals surface area contributed by atoms with Gasteiger partial charge in [-0.05, 0) is 54.4 Å². The lowest BCUT2D eigenvalue weighted by Gasteiger charge is -2.04. The monoisotopic (exact) mass is 286 g/mol. The van der Waals surface area contributed by atoms with Crippen molar-refractivity contribution in [1.82, 2.24) is 5.43 Å². The average Bonchev–Trinajstić information content (AvgIpc) is 2.47. The van der Waals surface area contributed by atoms with Gasteiger partial charge in [-0.25, -0.2) is 9.82 Å². The van der Waals surface area contributed by atoms with Crippen LogP contribution < -0.4 is 10.2 Å². The van der Waals surface area contributed by atoms with E-state index in [0.717, 1.165) is 22.9 Å². The van der Waals surface area contributed by atoms with Crippen LogP contribution in [-0.4, -0.2) is 19.2 Å². The summed E-state index contributed by atoms with van der Waals surface area (Å²) >= 11 is 0. The van der Waals surface area contributed by atoms with E-state index < -0.39 is 11.7 Å². The van der Waals surface area contributed by atoms with E-state index in [1.807, 2.05) is 25.1 Å². The van der Waals surface area contributed by atoms with Gasteiger partial charge in [0.1, 0.15) is 11.6 Å². The summed E-state index contributed by atoms with van der Waals surface area (Å²) in [5.41, 5.74) is 4.37. The summed E-state index contributed by atoms with van der Waals surface area (Å²) in [7, 11) is 1.61. The Labute approximate surface area is 122 Å². The third-order valence-electron chi connectivity index (χ3n) is 2.89. The van der Waals surface area contributed by atoms with Gasteiger partial charge in [0.05, 0.1) is 13.3 Å². The number of halogens is 1. The van der Waals surface area contributed by atoms with Crippen molar-refractivity contribution in [3.05, 3.63) is 65.0 Å². The lowest BCUT2D eigenvalue weighted by Crippen LogP contribution is -2.17. The van der Waals surface area contributed by atoms with Crippen LogP contribution in [0.1, 0.15) is 21.5 Å². The maximum atomic E-state index is 13.0. The van der Waals surface area contributed by atoms with E-state index in [-0.39, 0.29) is 5.56 Å². The molecule has 1 N–H and O–H groups in total. The zero-order chi connectivity index (χ0) is 15.2. The third kappa shape index (κ3) is 3.89. The normalized spacial score (nSPS) is 10.6. The molecule has 0 radical (unpaired) electrons. The Morgan fingerprint density at radius 1 is 1.29 bits per heavy atom. The molecule has 4 nitrogen and oxygen atoms in total. The number of ether oxygens (including phenoxy) is 1. The highest BCUT2D eigenvalue weighted by atomic mass is 19.1. The molecule has 0 saturated carbocycles. The molecular weight excluding hydrogens is 271 g/mol. The minimum Gasteiger partial charge on any atom is -0.496 e. The maximum Gasteiger partial charge on any atom is 0.271 e. The minimum absolute atomic E-state index is 0.220. The number of carbonyl (C=O) groups excluding carboxylic acids is 1. The summed E-state index contributed by atoms with van der Waals surface area (Å²) in [6.45, 7) is 1.92. The van der Waals surface area contributed by atoms with Gasteiger partial charge in [0.2, 0.25) is 0 Å². The highest BCUT2D eigenvalue weighted by molar-refractivity contribution is 5.94. The van der Waals surface area contributed by atoms with Gasteiger partial charge in [0, 0.05) is 5.56 Å². The van der Waals surface area contributed by atoms with Crippen LogP contribution in [0.25, 0.3) is 0 Å². The van der Waals surface area contributed by atoms with E-state index in [2.05, 4.69) is 10.5 Å². The predicted molar refractivity (Wildman–Crippen MR) is 79.2 cm³/mol. The lowest BCUT2D eigenvalue weighted by atomic mass is 10.1. The number of nitrogens with zero attached hydrogens (tertiary/aromatic N) is 1. The summed E-state index contributed by atoms with van der Waals surface area (Å²) in [5, 5.41) is 3.86. The molecule has 0 saturated heterocycles. The number of aryl methyl sites for hydroxylation is 1. The van der Waals surface area contributed by atoms with Crippen LogP contribution in [0, 0.1) is 12.7 Å². The molecule has 2 aromatic rings. The Kier molecular flexibility index (Phi) is 4.66. The van der Waals surface area contributed by atoms with Crippen LogP contribution in [0.5, 0.6) is 5.75 Å². The molecule has 0 aliphatic heterocycles. The fourth-order valence-electron chi connectivity index (χ4n) is 1.84. The first-order valence-corrected chi connectivity index (χ1v) is 6.34. The van der Waals surface area contributed by atoms with E-state index in [1.54, 1.807) is 7.11 Å². The smallest absolute Gasteiger partial charge is 0.271 e. The first kappa shape index (κ1) is 14.7. The molecule has 0 fully saturated rings. The van der Waals surface area contributed by atoms with E-state index in [4.69, 9.17) is 4.74 Å². The standard InChI is InChI=1S/C16H15FN2O2/c1-11-8-12(6-7-15(11)21-2)10-18-19-16(20)13-4-3-5-14(17)9-13/h3-10H,1-2H3,(H,19,20)/b18-10+. The lowest BCUT2D eigenvalue weighted by molar-refractivity contribution is 0.0954. The van der Waals surface area contributed by atoms with Crippen molar-refractivity contribution in [3.8, 4) is 5.75 Å². The molecule has 108 valence electrons. The van der Waals surface area contributed by atoms with Gasteiger partial charge in [0.25, 0.3) is 5.91 Å². The Balaban J connectivity index is 2.02. The van der Waals surface area contributed by atoms with Gasteiger partial charge in [-0.15, -0.1) is 0 Å². The van der Waals surface area contributed by atoms with Crippen molar-refractivity contribution in [3.63, 3.8) is 0 Å². The average molecular weight is 286 g/mol. The number of amides is 1. The van der Waals surface area contributed by atoms with Crippen LogP contribution in [0.4, 0.5) is 4.39 Å². The number of nitrogens with one attached hydrogen (secondary N) is 1. The molecule has 0 spiro atoms. The molecule has 2 rings (SSSR count). The maximum absolute atomic E-state index is 13.0. The van der Waals surface area contributed by atoms with Crippen molar-refractivity contribution in [2.24, 2.45) is 5.10 Å². The fraction of sp³-hybridized carbons (Fsp3) is 0.125. The van der Waals surface area contributed by atoms with Gasteiger partial charge in [-0.2, -0.15) is 5.10 Å². The summed E-state index contributed by atoms with van der Waals surface area (Å²) in [4.78, 5) is 11.7. The van der Waals surface area contributed by atoms with Gasteiger partial charge in [0.15, 0.2) is 0 Å². The van der Waals surface area contributed by atoms with Crippen LogP contribution in [0.2, 0.25) is 0 Å². The van der Waals surface area contributed by atoms with Gasteiger partial charge in [-0.1, -0.05) is 6.07 Å². The molecule has 5 heteroatoms. The Morgan fingerprint density at radius 3 is 2.76 bits per heavy atom. The summed E-state index contributed by atoms with van der Waals surface area (Å²) in [6.07, 6.45) is 1.52. The zero-order valence-corrected chi connectivity index (χ0v) is 11.8.